The number of halogens is 1. The van der Waals surface area contributed by atoms with Gasteiger partial charge < -0.3 is 15.4 Å². The van der Waals surface area contributed by atoms with E-state index in [-0.39, 0.29) is 29.6 Å². The molecule has 1 aromatic heterocycles. The van der Waals surface area contributed by atoms with Gasteiger partial charge in [0, 0.05) is 39.6 Å². The van der Waals surface area contributed by atoms with E-state index >= 15 is 0 Å². The van der Waals surface area contributed by atoms with Gasteiger partial charge in [-0.3, -0.25) is 4.99 Å². The molecule has 0 aliphatic heterocycles. The first-order valence-electron chi connectivity index (χ1n) is 7.63. The summed E-state index contributed by atoms with van der Waals surface area (Å²) in [4.78, 5) is 4.23. The molecule has 2 N–H and O–H groups in total. The van der Waals surface area contributed by atoms with Crippen LogP contribution in [0.15, 0.2) is 47.7 Å². The van der Waals surface area contributed by atoms with Gasteiger partial charge in [0.15, 0.2) is 5.96 Å². The first-order chi connectivity index (χ1) is 11.0. The maximum Gasteiger partial charge on any atom is 0.191 e. The Labute approximate surface area is 160 Å². The molecule has 0 unspecified atom stereocenters. The van der Waals surface area contributed by atoms with Gasteiger partial charge in [0.2, 0.25) is 0 Å². The number of benzene rings is 1. The van der Waals surface area contributed by atoms with E-state index in [9.17, 15) is 0 Å². The number of hydrogen-bond acceptors (Lipinski definition) is 3. The molecule has 24 heavy (non-hydrogen) atoms. The van der Waals surface area contributed by atoms with E-state index in [1.54, 1.807) is 20.4 Å². The first kappa shape index (κ1) is 20.4. The summed E-state index contributed by atoms with van der Waals surface area (Å²) in [6, 6.07) is 10.1. The molecule has 0 radical (unpaired) electrons. The fraction of sp³-hybridized carbons (Fsp3) is 0.412. The van der Waals surface area contributed by atoms with Gasteiger partial charge in [-0.2, -0.15) is 5.10 Å². The maximum absolute atomic E-state index is 5.40. The lowest BCUT2D eigenvalue weighted by Crippen LogP contribution is -2.45. The van der Waals surface area contributed by atoms with Crippen molar-refractivity contribution in [2.45, 2.75) is 26.0 Å². The van der Waals surface area contributed by atoms with Crippen LogP contribution in [0.1, 0.15) is 19.4 Å². The molecule has 2 aromatic rings. The van der Waals surface area contributed by atoms with Crippen molar-refractivity contribution in [2.75, 3.05) is 20.7 Å². The molecule has 0 saturated heterocycles. The fourth-order valence-electron chi connectivity index (χ4n) is 2.01. The van der Waals surface area contributed by atoms with E-state index in [0.717, 1.165) is 17.2 Å². The number of methoxy groups -OCH3 is 1. The molecule has 1 heterocycles. The van der Waals surface area contributed by atoms with Crippen molar-refractivity contribution >= 4 is 29.9 Å². The predicted molar refractivity (Wildman–Crippen MR) is 108 cm³/mol. The summed E-state index contributed by atoms with van der Waals surface area (Å²) in [5.74, 6) is 0.750. The molecule has 132 valence electrons. The quantitative estimate of drug-likeness (QED) is 0.410. The van der Waals surface area contributed by atoms with Gasteiger partial charge in [0.1, 0.15) is 0 Å². The third kappa shape index (κ3) is 6.12. The van der Waals surface area contributed by atoms with Crippen LogP contribution >= 0.6 is 24.0 Å². The minimum atomic E-state index is -0.238. The predicted octanol–water partition coefficient (Wildman–Crippen LogP) is 2.58. The van der Waals surface area contributed by atoms with E-state index in [1.165, 1.54) is 0 Å². The average molecular weight is 443 g/mol. The van der Waals surface area contributed by atoms with Gasteiger partial charge in [0.25, 0.3) is 0 Å². The number of guanidine groups is 1. The molecule has 2 rings (SSSR count). The topological polar surface area (TPSA) is 63.5 Å². The number of aromatic nitrogens is 2. The number of ether oxygens (including phenoxy) is 1. The van der Waals surface area contributed by atoms with Crippen LogP contribution in [0.2, 0.25) is 0 Å². The van der Waals surface area contributed by atoms with Gasteiger partial charge in [-0.05, 0) is 37.6 Å². The summed E-state index contributed by atoms with van der Waals surface area (Å²) in [6.45, 7) is 5.42. The highest BCUT2D eigenvalue weighted by Gasteiger charge is 2.16. The highest BCUT2D eigenvalue weighted by Crippen LogP contribution is 2.09. The summed E-state index contributed by atoms with van der Waals surface area (Å²) in [5, 5.41) is 10.8. The van der Waals surface area contributed by atoms with E-state index in [2.05, 4.69) is 32.9 Å². The van der Waals surface area contributed by atoms with Crippen molar-refractivity contribution in [2.24, 2.45) is 4.99 Å². The Kier molecular flexibility index (Phi) is 8.20. The fourth-order valence-corrected chi connectivity index (χ4v) is 2.01. The molecule has 6 nitrogen and oxygen atoms in total. The Morgan fingerprint density at radius 2 is 2.08 bits per heavy atom. The van der Waals surface area contributed by atoms with Crippen LogP contribution in [0.4, 0.5) is 0 Å². The Morgan fingerprint density at radius 3 is 2.71 bits per heavy atom. The van der Waals surface area contributed by atoms with Crippen LogP contribution in [-0.2, 0) is 11.3 Å². The molecule has 0 amide bonds. The number of aliphatic imine (C=N–C) groups is 1. The van der Waals surface area contributed by atoms with E-state index in [0.29, 0.717) is 13.1 Å². The van der Waals surface area contributed by atoms with Gasteiger partial charge in [-0.25, -0.2) is 4.68 Å². The molecule has 0 atom stereocenters. The number of rotatable bonds is 6. The second kappa shape index (κ2) is 9.63. The second-order valence-corrected chi connectivity index (χ2v) is 5.86. The first-order valence-corrected chi connectivity index (χ1v) is 7.63. The van der Waals surface area contributed by atoms with Gasteiger partial charge >= 0.3 is 0 Å². The standard InChI is InChI=1S/C17H25N5O.HI/c1-17(2,23-4)13-20-16(18-3)19-12-14-7-5-8-15(11-14)22-10-6-9-21-22;/h5-11H,12-13H2,1-4H3,(H2,18,19,20);1H. The lowest BCUT2D eigenvalue weighted by molar-refractivity contribution is 0.0268. The number of nitrogens with one attached hydrogen (secondary N) is 2. The van der Waals surface area contributed by atoms with E-state index in [1.807, 2.05) is 42.9 Å². The molecule has 0 spiro atoms. The molecular weight excluding hydrogens is 417 g/mol. The normalized spacial score (nSPS) is 11.8. The van der Waals surface area contributed by atoms with Crippen LogP contribution in [-0.4, -0.2) is 42.0 Å². The second-order valence-electron chi connectivity index (χ2n) is 5.86. The lowest BCUT2D eigenvalue weighted by atomic mass is 10.1. The molecule has 0 bridgehead atoms. The molecule has 0 aliphatic carbocycles. The molecule has 0 aliphatic rings. The molecule has 7 heteroatoms. The summed E-state index contributed by atoms with van der Waals surface area (Å²) in [5.41, 5.74) is 1.96. The Hall–Kier alpha value is -1.61. The van der Waals surface area contributed by atoms with E-state index < -0.39 is 0 Å². The van der Waals surface area contributed by atoms with Crippen LogP contribution in [0, 0.1) is 0 Å². The minimum absolute atomic E-state index is 0. The van der Waals surface area contributed by atoms with Crippen molar-refractivity contribution in [3.8, 4) is 5.69 Å². The smallest absolute Gasteiger partial charge is 0.191 e. The van der Waals surface area contributed by atoms with Gasteiger partial charge in [0.05, 0.1) is 11.3 Å². The SMILES string of the molecule is CN=C(NCc1cccc(-n2cccn2)c1)NCC(C)(C)OC.I. The average Bonchev–Trinajstić information content (AvgIpc) is 3.10. The minimum Gasteiger partial charge on any atom is -0.377 e. The van der Waals surface area contributed by atoms with Gasteiger partial charge in [-0.15, -0.1) is 24.0 Å². The van der Waals surface area contributed by atoms with Crippen molar-refractivity contribution in [3.05, 3.63) is 48.3 Å². The maximum atomic E-state index is 5.40. The van der Waals surface area contributed by atoms with Crippen molar-refractivity contribution in [3.63, 3.8) is 0 Å². The van der Waals surface area contributed by atoms with Gasteiger partial charge in [-0.1, -0.05) is 12.1 Å². The Morgan fingerprint density at radius 1 is 1.29 bits per heavy atom. The third-order valence-electron chi connectivity index (χ3n) is 3.60. The zero-order valence-corrected chi connectivity index (χ0v) is 16.9. The monoisotopic (exact) mass is 443 g/mol. The van der Waals surface area contributed by atoms with Crippen molar-refractivity contribution < 1.29 is 4.74 Å². The third-order valence-corrected chi connectivity index (χ3v) is 3.60. The van der Waals surface area contributed by atoms with Crippen molar-refractivity contribution in [1.82, 2.24) is 20.4 Å². The molecule has 1 aromatic carbocycles. The summed E-state index contributed by atoms with van der Waals surface area (Å²) in [7, 11) is 3.47. The zero-order valence-electron chi connectivity index (χ0n) is 14.6. The highest BCUT2D eigenvalue weighted by atomic mass is 127. The van der Waals surface area contributed by atoms with Crippen LogP contribution in [0.3, 0.4) is 0 Å². The highest BCUT2D eigenvalue weighted by molar-refractivity contribution is 14.0. The summed E-state index contributed by atoms with van der Waals surface area (Å²) < 4.78 is 7.24. The lowest BCUT2D eigenvalue weighted by Gasteiger charge is -2.24. The molecule has 0 saturated carbocycles. The molecule has 0 fully saturated rings. The number of hydrogen-bond donors (Lipinski definition) is 2. The van der Waals surface area contributed by atoms with Crippen LogP contribution < -0.4 is 10.6 Å². The summed E-state index contributed by atoms with van der Waals surface area (Å²) >= 11 is 0. The zero-order chi connectivity index (χ0) is 16.7. The van der Waals surface area contributed by atoms with Crippen molar-refractivity contribution in [1.29, 1.82) is 0 Å². The van der Waals surface area contributed by atoms with Crippen LogP contribution in [0.25, 0.3) is 5.69 Å². The van der Waals surface area contributed by atoms with E-state index in [4.69, 9.17) is 4.74 Å². The van der Waals surface area contributed by atoms with Crippen LogP contribution in [0.5, 0.6) is 0 Å². The summed E-state index contributed by atoms with van der Waals surface area (Å²) in [6.07, 6.45) is 3.70. The number of nitrogens with zero attached hydrogens (tertiary/aromatic N) is 3. The Balaban J connectivity index is 0.00000288. The largest absolute Gasteiger partial charge is 0.377 e. The molecular formula is C17H26IN5O. The Bertz CT molecular complexity index is 640.